The maximum absolute atomic E-state index is 11.2. The van der Waals surface area contributed by atoms with Gasteiger partial charge >= 0.3 is 0 Å². The first kappa shape index (κ1) is 38.8. The molecule has 0 saturated carbocycles. The molecule has 7 aromatic carbocycles. The topological polar surface area (TPSA) is 104 Å². The van der Waals surface area contributed by atoms with Gasteiger partial charge in [0.2, 0.25) is 0 Å². The van der Waals surface area contributed by atoms with Crippen LogP contribution in [0.2, 0.25) is 0 Å². The van der Waals surface area contributed by atoms with Crippen LogP contribution < -0.4 is 9.47 Å². The molecule has 58 heavy (non-hydrogen) atoms. The molecule has 0 amide bonds. The van der Waals surface area contributed by atoms with Crippen LogP contribution in [0.1, 0.15) is 50.1 Å². The van der Waals surface area contributed by atoms with Crippen LogP contribution in [0, 0.1) is 34.6 Å². The number of phenols is 3. The van der Waals surface area contributed by atoms with Crippen molar-refractivity contribution in [3.8, 4) is 39.9 Å². The lowest BCUT2D eigenvalue weighted by Gasteiger charge is -2.16. The van der Waals surface area contributed by atoms with E-state index in [1.165, 1.54) is 11.1 Å². The third-order valence-corrected chi connectivity index (χ3v) is 11.0. The number of aromatic hydroxyl groups is 3. The molecule has 0 aromatic heterocycles. The summed E-state index contributed by atoms with van der Waals surface area (Å²) < 4.78 is 22.4. The quantitative estimate of drug-likeness (QED) is 0.112. The molecule has 9 rings (SSSR count). The Morgan fingerprint density at radius 1 is 0.483 bits per heavy atom. The summed E-state index contributed by atoms with van der Waals surface area (Å²) in [4.78, 5) is 0. The summed E-state index contributed by atoms with van der Waals surface area (Å²) >= 11 is 0. The summed E-state index contributed by atoms with van der Waals surface area (Å²) in [6.07, 6.45) is 1.68. The summed E-state index contributed by atoms with van der Waals surface area (Å²) in [6, 6.07) is 35.7. The SMILES string of the molecule is Cc1cc(-c2cc(C)c(OCC3CO3)c(C)c2)cc(C)c1OCC1CO1.Cc1cc(Cc2ccc(O)c3ccccc23)c(O)c(Cc2ccc(O)c3ccccc23)c1. The van der Waals surface area contributed by atoms with E-state index < -0.39 is 0 Å². The number of hydrogen-bond acceptors (Lipinski definition) is 7. The Morgan fingerprint density at radius 3 is 1.21 bits per heavy atom. The molecular formula is C51H50O7. The summed E-state index contributed by atoms with van der Waals surface area (Å²) in [5.41, 5.74) is 11.9. The maximum atomic E-state index is 11.2. The standard InChI is InChI=1S/C29H24O3.C22H26O4/c1-18-14-21(16-19-10-12-27(30)25-8-4-2-6-23(19)25)29(32)22(15-18)17-20-11-13-28(31)26-9-5-3-7-24(20)26;1-13-5-17(6-14(2)21(13)25-11-19-9-23-19)18-7-15(3)22(16(4)8-18)26-12-20-10-24-20/h2-15,30-32H,16-17H2,1H3;5-8,19-20H,9-12H2,1-4H3. The van der Waals surface area contributed by atoms with Gasteiger partial charge in [-0.25, -0.2) is 0 Å². The Bertz CT molecular complexity index is 2410. The predicted molar refractivity (Wildman–Crippen MR) is 231 cm³/mol. The van der Waals surface area contributed by atoms with Crippen LogP contribution in [0.3, 0.4) is 0 Å². The van der Waals surface area contributed by atoms with Crippen LogP contribution in [0.25, 0.3) is 32.7 Å². The predicted octanol–water partition coefficient (Wildman–Crippen LogP) is 10.7. The average molecular weight is 775 g/mol. The zero-order chi connectivity index (χ0) is 40.5. The van der Waals surface area contributed by atoms with E-state index in [9.17, 15) is 15.3 Å². The highest BCUT2D eigenvalue weighted by molar-refractivity contribution is 5.92. The van der Waals surface area contributed by atoms with Gasteiger partial charge in [-0.05, 0) is 137 Å². The molecule has 2 saturated heterocycles. The minimum Gasteiger partial charge on any atom is -0.507 e. The Kier molecular flexibility index (Phi) is 11.0. The molecule has 7 aromatic rings. The molecule has 0 radical (unpaired) electrons. The smallest absolute Gasteiger partial charge is 0.125 e. The zero-order valence-electron chi connectivity index (χ0n) is 33.8. The number of benzene rings is 7. The number of epoxide rings is 2. The van der Waals surface area contributed by atoms with Crippen LogP contribution in [-0.2, 0) is 22.3 Å². The number of hydrogen-bond donors (Lipinski definition) is 3. The van der Waals surface area contributed by atoms with Gasteiger partial charge in [-0.1, -0.05) is 78.4 Å². The van der Waals surface area contributed by atoms with Crippen molar-refractivity contribution in [2.24, 2.45) is 0 Å². The van der Waals surface area contributed by atoms with Gasteiger partial charge in [0, 0.05) is 23.6 Å². The number of aryl methyl sites for hydroxylation is 5. The molecule has 2 fully saturated rings. The van der Waals surface area contributed by atoms with Crippen molar-refractivity contribution in [3.63, 3.8) is 0 Å². The number of fused-ring (bicyclic) bond motifs is 2. The lowest BCUT2D eigenvalue weighted by Crippen LogP contribution is -2.07. The molecule has 0 bridgehead atoms. The maximum Gasteiger partial charge on any atom is 0.125 e. The van der Waals surface area contributed by atoms with E-state index in [1.807, 2.05) is 79.7 Å². The molecule has 2 aliphatic heterocycles. The fourth-order valence-electron chi connectivity index (χ4n) is 7.98. The highest BCUT2D eigenvalue weighted by Gasteiger charge is 2.25. The van der Waals surface area contributed by atoms with Crippen molar-refractivity contribution >= 4 is 21.5 Å². The molecule has 2 heterocycles. The van der Waals surface area contributed by atoms with Gasteiger partial charge in [0.25, 0.3) is 0 Å². The van der Waals surface area contributed by atoms with Crippen LogP contribution in [-0.4, -0.2) is 54.0 Å². The lowest BCUT2D eigenvalue weighted by atomic mass is 9.92. The minimum absolute atomic E-state index is 0.262. The van der Waals surface area contributed by atoms with Crippen molar-refractivity contribution < 1.29 is 34.3 Å². The monoisotopic (exact) mass is 774 g/mol. The van der Waals surface area contributed by atoms with Gasteiger partial charge in [0.05, 0.1) is 13.2 Å². The first-order valence-corrected chi connectivity index (χ1v) is 19.9. The third kappa shape index (κ3) is 8.61. The van der Waals surface area contributed by atoms with E-state index >= 15 is 0 Å². The summed E-state index contributed by atoms with van der Waals surface area (Å²) in [5.74, 6) is 2.77. The molecule has 7 heteroatoms. The van der Waals surface area contributed by atoms with E-state index in [0.29, 0.717) is 31.8 Å². The summed E-state index contributed by atoms with van der Waals surface area (Å²) in [6.45, 7) is 13.4. The molecule has 296 valence electrons. The number of rotatable bonds is 11. The Balaban J connectivity index is 0.000000165. The van der Waals surface area contributed by atoms with Crippen LogP contribution in [0.5, 0.6) is 28.7 Å². The van der Waals surface area contributed by atoms with Crippen molar-refractivity contribution in [1.82, 2.24) is 0 Å². The van der Waals surface area contributed by atoms with Gasteiger partial charge < -0.3 is 34.3 Å². The van der Waals surface area contributed by atoms with Crippen molar-refractivity contribution in [2.45, 2.75) is 59.7 Å². The molecule has 2 atom stereocenters. The fourth-order valence-corrected chi connectivity index (χ4v) is 7.98. The van der Waals surface area contributed by atoms with Gasteiger partial charge in [0.15, 0.2) is 0 Å². The summed E-state index contributed by atoms with van der Waals surface area (Å²) in [5, 5.41) is 35.2. The zero-order valence-corrected chi connectivity index (χ0v) is 33.8. The van der Waals surface area contributed by atoms with E-state index in [2.05, 4.69) is 52.0 Å². The molecule has 0 spiro atoms. The minimum atomic E-state index is 0.262. The van der Waals surface area contributed by atoms with Gasteiger partial charge in [-0.3, -0.25) is 0 Å². The lowest BCUT2D eigenvalue weighted by molar-refractivity contribution is 0.260. The highest BCUT2D eigenvalue weighted by Crippen LogP contribution is 2.37. The van der Waals surface area contributed by atoms with E-state index in [4.69, 9.17) is 18.9 Å². The first-order chi connectivity index (χ1) is 28.0. The second-order valence-electron chi connectivity index (χ2n) is 15.8. The third-order valence-electron chi connectivity index (χ3n) is 11.0. The van der Waals surface area contributed by atoms with Crippen LogP contribution in [0.15, 0.2) is 109 Å². The largest absolute Gasteiger partial charge is 0.507 e. The van der Waals surface area contributed by atoms with Gasteiger partial charge in [0.1, 0.15) is 54.2 Å². The van der Waals surface area contributed by atoms with Crippen molar-refractivity contribution in [2.75, 3.05) is 26.4 Å². The van der Waals surface area contributed by atoms with Crippen molar-refractivity contribution in [1.29, 1.82) is 0 Å². The Labute approximate surface area is 340 Å². The number of phenolic OH excluding ortho intramolecular Hbond substituents is 3. The van der Waals surface area contributed by atoms with Crippen LogP contribution in [0.4, 0.5) is 0 Å². The van der Waals surface area contributed by atoms with Crippen LogP contribution >= 0.6 is 0 Å². The number of ether oxygens (including phenoxy) is 4. The fraction of sp³-hybridized carbons (Fsp3) is 0.255. The Morgan fingerprint density at radius 2 is 0.845 bits per heavy atom. The second-order valence-corrected chi connectivity index (χ2v) is 15.8. The normalized spacial score (nSPS) is 15.5. The van der Waals surface area contributed by atoms with Crippen molar-refractivity contribution in [3.05, 3.63) is 159 Å². The second kappa shape index (κ2) is 16.5. The molecule has 2 aliphatic rings. The van der Waals surface area contributed by atoms with E-state index in [0.717, 1.165) is 96.3 Å². The molecule has 2 unspecified atom stereocenters. The molecule has 3 N–H and O–H groups in total. The van der Waals surface area contributed by atoms with E-state index in [-0.39, 0.29) is 23.7 Å². The molecular weight excluding hydrogens is 725 g/mol. The van der Waals surface area contributed by atoms with Gasteiger partial charge in [-0.2, -0.15) is 0 Å². The highest BCUT2D eigenvalue weighted by atomic mass is 16.6. The summed E-state index contributed by atoms with van der Waals surface area (Å²) in [7, 11) is 0. The van der Waals surface area contributed by atoms with E-state index in [1.54, 1.807) is 12.1 Å². The molecule has 0 aliphatic carbocycles. The molecule has 7 nitrogen and oxygen atoms in total. The average Bonchev–Trinajstić information content (AvgIpc) is 4.16. The first-order valence-electron chi connectivity index (χ1n) is 19.9. The Hall–Kier alpha value is -6.02. The van der Waals surface area contributed by atoms with Gasteiger partial charge in [-0.15, -0.1) is 0 Å².